The summed E-state index contributed by atoms with van der Waals surface area (Å²) in [7, 11) is -2.52. The normalized spacial score (nSPS) is 13.9. The van der Waals surface area contributed by atoms with Crippen molar-refractivity contribution in [3.63, 3.8) is 0 Å². The minimum atomic E-state index is -2.64. The molecule has 0 bridgehead atoms. The second kappa shape index (κ2) is 29.5. The van der Waals surface area contributed by atoms with Crippen LogP contribution in [0.1, 0.15) is 126 Å². The van der Waals surface area contributed by atoms with E-state index in [0.717, 1.165) is 22.3 Å². The number of hydrogen-bond acceptors (Lipinski definition) is 14. The fraction of sp³-hybridized carbons (Fsp3) is 0.433. The van der Waals surface area contributed by atoms with Gasteiger partial charge in [0.15, 0.2) is 16.5 Å². The molecule has 0 fully saturated rings. The fourth-order valence-electron chi connectivity index (χ4n) is 8.82. The maximum atomic E-state index is 13.5. The molecule has 3 N–H and O–H groups in total. The Morgan fingerprint density at radius 1 is 0.651 bits per heavy atom. The summed E-state index contributed by atoms with van der Waals surface area (Å²) in [6.07, 6.45) is -3.61. The highest BCUT2D eigenvalue weighted by Gasteiger charge is 2.34. The standard InChI is InChI=1S/C28H32F2N2O6.C24H24F2N4O3.C8H20N2Si2/c1-5-37-26(35)20(11-13-23(29)30)17-10-12-22(31-27(36)38-28(2,3)4)21(14-17)24(33)25(34)32-15-18-8-6-7-9-19(18)16-32;1-2-33-23(32)17(8-10-20(25)26)14-7-9-19-18(11-14)21(29-24(27)28-19)22(31)30-12-15-5-3-4-6-16(15)13-30;1-11(2,3)9-7-8-10-12(4,5)6/h6-10,12,14,20,23H,5,11,13,15-16H2,1-4H3,(H,31,36);3-7,9,11,17,20H,2,8,10,12-13H2,1H3,(H2,27,28,29);7-8H,1-6H3. The predicted octanol–water partition coefficient (Wildman–Crippen LogP) is 12.3. The molecule has 2 atom stereocenters. The molecule has 83 heavy (non-hydrogen) atoms. The summed E-state index contributed by atoms with van der Waals surface area (Å²) in [5.74, 6) is -5.36. The Morgan fingerprint density at radius 2 is 1.10 bits per heavy atom. The Morgan fingerprint density at radius 3 is 1.53 bits per heavy atom. The van der Waals surface area contributed by atoms with Crippen LogP contribution in [0.2, 0.25) is 39.3 Å². The van der Waals surface area contributed by atoms with Crippen LogP contribution >= 0.6 is 0 Å². The number of nitrogen functional groups attached to an aromatic ring is 1. The maximum absolute atomic E-state index is 13.5. The number of nitrogens with zero attached hydrogens (tertiary/aromatic N) is 6. The minimum Gasteiger partial charge on any atom is -0.466 e. The van der Waals surface area contributed by atoms with Gasteiger partial charge >= 0.3 is 18.0 Å². The summed E-state index contributed by atoms with van der Waals surface area (Å²) in [6, 6.07) is 24.1. The number of halogens is 4. The van der Waals surface area contributed by atoms with Gasteiger partial charge in [-0.05, 0) is 144 Å². The lowest BCUT2D eigenvalue weighted by molar-refractivity contribution is -0.146. The summed E-state index contributed by atoms with van der Waals surface area (Å²) in [5.41, 5.74) is 10.1. The molecule has 2 unspecified atom stereocenters. The number of nitrogens with two attached hydrogens (primary N) is 1. The summed E-state index contributed by atoms with van der Waals surface area (Å²) < 4.78 is 76.1. The molecule has 2 aliphatic rings. The van der Waals surface area contributed by atoms with Crippen molar-refractivity contribution in [2.75, 3.05) is 24.3 Å². The highest BCUT2D eigenvalue weighted by Crippen LogP contribution is 2.33. The van der Waals surface area contributed by atoms with Gasteiger partial charge < -0.3 is 39.1 Å². The molecule has 17 nitrogen and oxygen atoms in total. The van der Waals surface area contributed by atoms with Crippen LogP contribution in [0, 0.1) is 0 Å². The topological polar surface area (TPSA) is 225 Å². The van der Waals surface area contributed by atoms with Crippen LogP contribution in [-0.4, -0.2) is 116 Å². The largest absolute Gasteiger partial charge is 0.466 e. The van der Waals surface area contributed by atoms with Crippen LogP contribution in [0.5, 0.6) is 0 Å². The number of ketones is 1. The number of ether oxygens (including phenoxy) is 3. The Bertz CT molecular complexity index is 3110. The summed E-state index contributed by atoms with van der Waals surface area (Å²) in [5, 5.41) is 2.90. The van der Waals surface area contributed by atoms with Gasteiger partial charge in [0.05, 0.1) is 41.8 Å². The van der Waals surface area contributed by atoms with Crippen LogP contribution in [0.15, 0.2) is 94.2 Å². The maximum Gasteiger partial charge on any atom is 0.412 e. The lowest BCUT2D eigenvalue weighted by Gasteiger charge is -2.22. The average molecular weight is 1190 g/mol. The van der Waals surface area contributed by atoms with E-state index in [0.29, 0.717) is 29.6 Å². The van der Waals surface area contributed by atoms with Crippen molar-refractivity contribution in [3.8, 4) is 0 Å². The van der Waals surface area contributed by atoms with E-state index in [1.807, 2.05) is 61.0 Å². The number of nitrogens with one attached hydrogen (secondary N) is 1. The van der Waals surface area contributed by atoms with Crippen molar-refractivity contribution in [2.24, 2.45) is 9.32 Å². The van der Waals surface area contributed by atoms with E-state index in [1.165, 1.54) is 23.1 Å². The first-order valence-electron chi connectivity index (χ1n) is 27.4. The third-order valence-electron chi connectivity index (χ3n) is 12.6. The van der Waals surface area contributed by atoms with Crippen molar-refractivity contribution in [1.82, 2.24) is 19.8 Å². The number of aromatic nitrogens is 2. The second-order valence-electron chi connectivity index (χ2n) is 22.8. The van der Waals surface area contributed by atoms with Crippen molar-refractivity contribution in [1.29, 1.82) is 0 Å². The third kappa shape index (κ3) is 20.3. The van der Waals surface area contributed by atoms with Gasteiger partial charge in [0, 0.05) is 56.8 Å². The Hall–Kier alpha value is -7.67. The first-order chi connectivity index (χ1) is 39.0. The molecule has 1 aromatic heterocycles. The number of anilines is 2. The van der Waals surface area contributed by atoms with E-state index in [9.17, 15) is 46.3 Å². The fourth-order valence-corrected chi connectivity index (χ4v) is 9.85. The van der Waals surface area contributed by atoms with Gasteiger partial charge in [-0.3, -0.25) is 29.3 Å². The van der Waals surface area contributed by atoms with Gasteiger partial charge in [-0.15, -0.1) is 0 Å². The third-order valence-corrected chi connectivity index (χ3v) is 14.4. The molecular formula is C60H76F4N8O9Si2. The summed E-state index contributed by atoms with van der Waals surface area (Å²) >= 11 is 0. The van der Waals surface area contributed by atoms with Crippen molar-refractivity contribution < 1.29 is 60.5 Å². The molecule has 0 spiro atoms. The zero-order chi connectivity index (χ0) is 61.4. The van der Waals surface area contributed by atoms with Gasteiger partial charge in [-0.1, -0.05) is 60.7 Å². The molecule has 7 rings (SSSR count). The van der Waals surface area contributed by atoms with E-state index >= 15 is 0 Å². The highest BCUT2D eigenvalue weighted by atomic mass is 28.3. The number of hydrogen-bond donors (Lipinski definition) is 2. The van der Waals surface area contributed by atoms with Crippen molar-refractivity contribution in [3.05, 3.63) is 130 Å². The number of alkyl halides is 4. The van der Waals surface area contributed by atoms with Crippen molar-refractivity contribution in [2.45, 2.75) is 156 Å². The number of carbonyl (C=O) groups excluding carboxylic acids is 6. The molecular weight excluding hydrogens is 1110 g/mol. The van der Waals surface area contributed by atoms with E-state index in [2.05, 4.69) is 63.9 Å². The average Bonchev–Trinajstić information content (AvgIpc) is 3.38. The van der Waals surface area contributed by atoms with E-state index in [1.54, 1.807) is 57.7 Å². The molecule has 0 saturated heterocycles. The highest BCUT2D eigenvalue weighted by molar-refractivity contribution is 6.77. The number of rotatable bonds is 19. The van der Waals surface area contributed by atoms with Gasteiger partial charge in [-0.25, -0.2) is 32.3 Å². The number of esters is 2. The van der Waals surface area contributed by atoms with Gasteiger partial charge in [0.2, 0.25) is 18.8 Å². The Balaban J connectivity index is 0.000000256. The first kappa shape index (κ1) is 66.1. The van der Waals surface area contributed by atoms with Gasteiger partial charge in [0.1, 0.15) is 11.3 Å². The molecule has 2 aliphatic heterocycles. The van der Waals surface area contributed by atoms with Crippen LogP contribution in [0.25, 0.3) is 10.9 Å². The zero-order valence-electron chi connectivity index (χ0n) is 49.1. The molecule has 446 valence electrons. The molecule has 0 radical (unpaired) electrons. The summed E-state index contributed by atoms with van der Waals surface area (Å²) in [4.78, 5) is 89.2. The van der Waals surface area contributed by atoms with E-state index in [-0.39, 0.29) is 73.5 Å². The molecule has 3 amide bonds. The number of benzene rings is 4. The first-order valence-corrected chi connectivity index (χ1v) is 34.3. The monoisotopic (exact) mass is 1180 g/mol. The number of amides is 3. The number of carbonyl (C=O) groups is 6. The van der Waals surface area contributed by atoms with Crippen LogP contribution in [0.4, 0.5) is 34.0 Å². The predicted molar refractivity (Wildman–Crippen MR) is 318 cm³/mol. The smallest absolute Gasteiger partial charge is 0.412 e. The van der Waals surface area contributed by atoms with E-state index < -0.39 is 89.3 Å². The number of fused-ring (bicyclic) bond motifs is 3. The van der Waals surface area contributed by atoms with Gasteiger partial charge in [-0.2, -0.15) is 0 Å². The second-order valence-corrected chi connectivity index (χ2v) is 32.0. The van der Waals surface area contributed by atoms with Crippen molar-refractivity contribution >= 4 is 87.1 Å². The molecule has 0 aliphatic carbocycles. The Labute approximate surface area is 484 Å². The van der Waals surface area contributed by atoms with Crippen LogP contribution in [-0.2, 0) is 54.8 Å². The lowest BCUT2D eigenvalue weighted by atomic mass is 9.91. The number of Topliss-reactive ketones (excluding diaryl/α,β-unsaturated/α-hetero) is 1. The molecule has 23 heteroatoms. The zero-order valence-corrected chi connectivity index (χ0v) is 51.1. The molecule has 4 aromatic carbocycles. The minimum absolute atomic E-state index is 0.00507. The quantitative estimate of drug-likeness (QED) is 0.0150. The molecule has 3 heterocycles. The SMILES string of the molecule is CCOC(=O)C(CCC(F)F)c1ccc(NC(=O)OC(C)(C)C)c(C(=O)C(=O)N2Cc3ccccc3C2)c1.CCOC(=O)C(CCC(F)F)c1ccc2nc(N)nc(C(=O)N3Cc4ccccc4C3)c2c1.C[Si](C)(C)N=CC=N[Si](C)(C)C. The molecule has 0 saturated carbocycles. The van der Waals surface area contributed by atoms with Crippen LogP contribution in [0.3, 0.4) is 0 Å². The van der Waals surface area contributed by atoms with Gasteiger partial charge in [0.25, 0.3) is 17.6 Å². The molecule has 5 aromatic rings. The summed E-state index contributed by atoms with van der Waals surface area (Å²) in [6.45, 7) is 23.1. The lowest BCUT2D eigenvalue weighted by Crippen LogP contribution is -2.33. The Kier molecular flexibility index (Phi) is 23.5. The van der Waals surface area contributed by atoms with Crippen LogP contribution < -0.4 is 11.1 Å². The van der Waals surface area contributed by atoms with E-state index in [4.69, 9.17) is 19.9 Å².